The van der Waals surface area contributed by atoms with Crippen LogP contribution in [0.4, 0.5) is 0 Å². The molecule has 0 saturated heterocycles. The molecule has 3 N–H and O–H groups in total. The first kappa shape index (κ1) is 12.8. The number of hydrogen-bond acceptors (Lipinski definition) is 4. The van der Waals surface area contributed by atoms with E-state index in [4.69, 9.17) is 14.4 Å². The van der Waals surface area contributed by atoms with E-state index in [-0.39, 0.29) is 6.04 Å². The van der Waals surface area contributed by atoms with E-state index in [1.165, 1.54) is 0 Å². The third-order valence-electron chi connectivity index (χ3n) is 1.87. The second kappa shape index (κ2) is 5.49. The van der Waals surface area contributed by atoms with Crippen LogP contribution in [0.15, 0.2) is 4.99 Å². The molecule has 0 aliphatic carbocycles. The fourth-order valence-electron chi connectivity index (χ4n) is 0.754. The Morgan fingerprint density at radius 2 is 1.85 bits per heavy atom. The summed E-state index contributed by atoms with van der Waals surface area (Å²) in [5.41, 5.74) is 1.06. The zero-order chi connectivity index (χ0) is 10.5. The lowest BCUT2D eigenvalue weighted by Crippen LogP contribution is -2.34. The Morgan fingerprint density at radius 1 is 1.31 bits per heavy atom. The van der Waals surface area contributed by atoms with E-state index in [1.807, 2.05) is 6.92 Å². The van der Waals surface area contributed by atoms with Gasteiger partial charge in [-0.2, -0.15) is 0 Å². The van der Waals surface area contributed by atoms with Gasteiger partial charge in [0, 0.05) is 18.3 Å². The van der Waals surface area contributed by atoms with Gasteiger partial charge >= 0.3 is 8.80 Å². The number of aliphatic imine (C=N–C) groups is 1. The van der Waals surface area contributed by atoms with Gasteiger partial charge < -0.3 is 14.4 Å². The van der Waals surface area contributed by atoms with Crippen molar-refractivity contribution >= 4 is 14.5 Å². The molecule has 0 atom stereocenters. The fourth-order valence-corrected chi connectivity index (χ4v) is 1.39. The van der Waals surface area contributed by atoms with Gasteiger partial charge in [0.1, 0.15) is 0 Å². The molecular weight excluding hydrogens is 186 g/mol. The first-order chi connectivity index (χ1) is 5.83. The predicted molar refractivity (Wildman–Crippen MR) is 54.6 cm³/mol. The van der Waals surface area contributed by atoms with E-state index >= 15 is 0 Å². The van der Waals surface area contributed by atoms with E-state index in [0.717, 1.165) is 5.71 Å². The topological polar surface area (TPSA) is 73.1 Å². The molecule has 0 bridgehead atoms. The Hall–Kier alpha value is -0.233. The summed E-state index contributed by atoms with van der Waals surface area (Å²) in [5, 5.41) is 0. The van der Waals surface area contributed by atoms with Crippen molar-refractivity contribution in [2.75, 3.05) is 6.54 Å². The molecule has 0 spiro atoms. The summed E-state index contributed by atoms with van der Waals surface area (Å²) < 4.78 is 0. The highest BCUT2D eigenvalue weighted by molar-refractivity contribution is 6.56. The molecule has 0 aromatic heterocycles. The molecule has 4 nitrogen and oxygen atoms in total. The van der Waals surface area contributed by atoms with Crippen LogP contribution in [0.3, 0.4) is 0 Å². The Morgan fingerprint density at radius 3 is 2.23 bits per heavy atom. The van der Waals surface area contributed by atoms with E-state index in [9.17, 15) is 0 Å². The van der Waals surface area contributed by atoms with Crippen molar-refractivity contribution in [2.24, 2.45) is 10.9 Å². The summed E-state index contributed by atoms with van der Waals surface area (Å²) >= 11 is 0. The predicted octanol–water partition coefficient (Wildman–Crippen LogP) is 0.409. The van der Waals surface area contributed by atoms with Crippen LogP contribution in [0.2, 0.25) is 6.04 Å². The van der Waals surface area contributed by atoms with Gasteiger partial charge in [0.15, 0.2) is 0 Å². The minimum absolute atomic E-state index is 0.0713. The van der Waals surface area contributed by atoms with Crippen LogP contribution in [0.5, 0.6) is 0 Å². The van der Waals surface area contributed by atoms with Crippen molar-refractivity contribution in [1.82, 2.24) is 0 Å². The van der Waals surface area contributed by atoms with Crippen LogP contribution in [0, 0.1) is 5.92 Å². The van der Waals surface area contributed by atoms with Gasteiger partial charge in [-0.25, -0.2) is 0 Å². The second-order valence-corrected chi connectivity index (χ2v) is 5.60. The normalized spacial score (nSPS) is 13.9. The lowest BCUT2D eigenvalue weighted by atomic mass is 10.1. The van der Waals surface area contributed by atoms with E-state index in [1.54, 1.807) is 0 Å². The Kier molecular flexibility index (Phi) is 5.39. The molecule has 0 unspecified atom stereocenters. The maximum Gasteiger partial charge on any atom is 0.492 e. The summed E-state index contributed by atoms with van der Waals surface area (Å²) in [6.45, 7) is 6.62. The number of nitrogens with zero attached hydrogens (tertiary/aromatic N) is 1. The van der Waals surface area contributed by atoms with Gasteiger partial charge in [0.25, 0.3) is 0 Å². The molecule has 0 radical (unpaired) electrons. The molecule has 0 amide bonds. The molecule has 0 aliphatic rings. The quantitative estimate of drug-likeness (QED) is 0.346. The summed E-state index contributed by atoms with van der Waals surface area (Å²) in [5.74, 6) is 0.430. The largest absolute Gasteiger partial charge is 0.492 e. The molecular formula is C8H19NO3Si. The van der Waals surface area contributed by atoms with Gasteiger partial charge in [-0.1, -0.05) is 13.8 Å². The lowest BCUT2D eigenvalue weighted by molar-refractivity contribution is 0.227. The SMILES string of the molecule is CC(=NCCC[Si](O)(O)O)C(C)C. The standard InChI is InChI=1S/C8H19NO3Si/c1-7(2)8(3)9-5-4-6-13(10,11)12/h7,10-12H,4-6H2,1-3H3. The zero-order valence-corrected chi connectivity index (χ0v) is 9.49. The Labute approximate surface area is 80.3 Å². The number of hydrogen-bond donors (Lipinski definition) is 3. The van der Waals surface area contributed by atoms with Crippen molar-refractivity contribution in [1.29, 1.82) is 0 Å². The first-order valence-electron chi connectivity index (χ1n) is 4.51. The van der Waals surface area contributed by atoms with Crippen LogP contribution >= 0.6 is 0 Å². The molecule has 0 saturated carbocycles. The van der Waals surface area contributed by atoms with Gasteiger partial charge in [0.05, 0.1) is 0 Å². The second-order valence-electron chi connectivity index (χ2n) is 3.56. The van der Waals surface area contributed by atoms with E-state index in [2.05, 4.69) is 18.8 Å². The molecule has 0 aromatic rings. The molecule has 5 heteroatoms. The Balaban J connectivity index is 3.62. The average molecular weight is 205 g/mol. The first-order valence-corrected chi connectivity index (χ1v) is 6.56. The molecule has 0 heterocycles. The third-order valence-corrected chi connectivity index (χ3v) is 2.89. The summed E-state index contributed by atoms with van der Waals surface area (Å²) in [4.78, 5) is 30.3. The summed E-state index contributed by atoms with van der Waals surface area (Å²) in [6, 6.07) is 0.0713. The minimum Gasteiger partial charge on any atom is -0.390 e. The highest BCUT2D eigenvalue weighted by Gasteiger charge is 2.25. The highest BCUT2D eigenvalue weighted by atomic mass is 28.4. The summed E-state index contributed by atoms with van der Waals surface area (Å²) in [6.07, 6.45) is 0.528. The maximum atomic E-state index is 8.69. The molecule has 0 fully saturated rings. The van der Waals surface area contributed by atoms with Crippen LogP contribution in [-0.4, -0.2) is 35.4 Å². The maximum absolute atomic E-state index is 8.69. The molecule has 0 rings (SSSR count). The van der Waals surface area contributed by atoms with Crippen molar-refractivity contribution in [3.8, 4) is 0 Å². The van der Waals surface area contributed by atoms with Gasteiger partial charge in [-0.05, 0) is 19.3 Å². The zero-order valence-electron chi connectivity index (χ0n) is 8.49. The van der Waals surface area contributed by atoms with Crippen LogP contribution in [-0.2, 0) is 0 Å². The minimum atomic E-state index is -3.83. The van der Waals surface area contributed by atoms with E-state index in [0.29, 0.717) is 18.9 Å². The van der Waals surface area contributed by atoms with Crippen LogP contribution < -0.4 is 0 Å². The molecule has 0 aliphatic heterocycles. The number of rotatable bonds is 5. The lowest BCUT2D eigenvalue weighted by Gasteiger charge is -2.08. The Bertz CT molecular complexity index is 175. The molecule has 13 heavy (non-hydrogen) atoms. The molecule has 78 valence electrons. The van der Waals surface area contributed by atoms with Crippen LogP contribution in [0.1, 0.15) is 27.2 Å². The smallest absolute Gasteiger partial charge is 0.390 e. The third kappa shape index (κ3) is 8.11. The van der Waals surface area contributed by atoms with E-state index < -0.39 is 8.80 Å². The van der Waals surface area contributed by atoms with Crippen molar-refractivity contribution in [3.63, 3.8) is 0 Å². The monoisotopic (exact) mass is 205 g/mol. The fraction of sp³-hybridized carbons (Fsp3) is 0.875. The van der Waals surface area contributed by atoms with Crippen molar-refractivity contribution in [3.05, 3.63) is 0 Å². The van der Waals surface area contributed by atoms with Gasteiger partial charge in [0.2, 0.25) is 0 Å². The van der Waals surface area contributed by atoms with Crippen molar-refractivity contribution < 1.29 is 14.4 Å². The summed E-state index contributed by atoms with van der Waals surface area (Å²) in [7, 11) is -3.83. The molecule has 0 aromatic carbocycles. The van der Waals surface area contributed by atoms with Gasteiger partial charge in [-0.3, -0.25) is 4.99 Å². The van der Waals surface area contributed by atoms with Crippen LogP contribution in [0.25, 0.3) is 0 Å². The average Bonchev–Trinajstić information content (AvgIpc) is 1.95. The highest BCUT2D eigenvalue weighted by Crippen LogP contribution is 2.03. The van der Waals surface area contributed by atoms with Gasteiger partial charge in [-0.15, -0.1) is 0 Å². The van der Waals surface area contributed by atoms with Crippen molar-refractivity contribution in [2.45, 2.75) is 33.2 Å².